The summed E-state index contributed by atoms with van der Waals surface area (Å²) in [6.07, 6.45) is 8.27. The molecule has 1 amide bonds. The summed E-state index contributed by atoms with van der Waals surface area (Å²) in [5, 5.41) is 6.26. The number of aromatic nitrogens is 2. The summed E-state index contributed by atoms with van der Waals surface area (Å²) in [7, 11) is 1.60. The van der Waals surface area contributed by atoms with Gasteiger partial charge in [-0.05, 0) is 57.9 Å². The minimum Gasteiger partial charge on any atom is -0.461 e. The predicted molar refractivity (Wildman–Crippen MR) is 131 cm³/mol. The third-order valence-electron chi connectivity index (χ3n) is 8.37. The van der Waals surface area contributed by atoms with Crippen molar-refractivity contribution in [2.24, 2.45) is 0 Å². The highest BCUT2D eigenvalue weighted by Crippen LogP contribution is 2.43. The number of carbonyl (C=O) groups is 1. The molecule has 9 nitrogen and oxygen atoms in total. The highest BCUT2D eigenvalue weighted by atomic mass is 16.5. The lowest BCUT2D eigenvalue weighted by Crippen LogP contribution is -2.51. The molecule has 4 atom stereocenters. The van der Waals surface area contributed by atoms with Crippen LogP contribution in [0.2, 0.25) is 0 Å². The molecule has 0 aliphatic carbocycles. The van der Waals surface area contributed by atoms with Crippen molar-refractivity contribution in [3.8, 4) is 6.01 Å². The zero-order valence-electron chi connectivity index (χ0n) is 20.9. The van der Waals surface area contributed by atoms with Gasteiger partial charge in [0.15, 0.2) is 0 Å². The zero-order valence-corrected chi connectivity index (χ0v) is 20.9. The third-order valence-corrected chi connectivity index (χ3v) is 8.37. The number of hydrogen-bond acceptors (Lipinski definition) is 8. The van der Waals surface area contributed by atoms with Crippen LogP contribution in [0.4, 0.5) is 10.6 Å². The van der Waals surface area contributed by atoms with Crippen LogP contribution in [-0.2, 0) is 17.6 Å². The fourth-order valence-corrected chi connectivity index (χ4v) is 6.68. The van der Waals surface area contributed by atoms with E-state index < -0.39 is 0 Å². The van der Waals surface area contributed by atoms with Gasteiger partial charge in [0.1, 0.15) is 19.0 Å². The maximum absolute atomic E-state index is 11.6. The van der Waals surface area contributed by atoms with E-state index in [-0.39, 0.29) is 17.7 Å². The number of anilines is 1. The van der Waals surface area contributed by atoms with E-state index >= 15 is 0 Å². The Labute approximate surface area is 203 Å². The second-order valence-electron chi connectivity index (χ2n) is 10.4. The molecule has 4 aliphatic rings. The molecule has 5 heterocycles. The SMILES string of the molecule is CCc1nc(OCC23CCCN2[C@@H](COC(=O)NC)CC3)nc(N2CC3CCC(C2)N3)c1CC. The van der Waals surface area contributed by atoms with E-state index in [9.17, 15) is 4.79 Å². The number of aryl methyl sites for hydroxylation is 1. The Morgan fingerprint density at radius 1 is 1.15 bits per heavy atom. The first kappa shape index (κ1) is 23.6. The summed E-state index contributed by atoms with van der Waals surface area (Å²) in [4.78, 5) is 26.4. The summed E-state index contributed by atoms with van der Waals surface area (Å²) in [5.74, 6) is 1.08. The molecule has 0 saturated carbocycles. The Morgan fingerprint density at radius 2 is 1.94 bits per heavy atom. The van der Waals surface area contributed by atoms with Crippen molar-refractivity contribution in [3.63, 3.8) is 0 Å². The monoisotopic (exact) mass is 472 g/mol. The van der Waals surface area contributed by atoms with Crippen LogP contribution in [-0.4, -0.2) is 84.5 Å². The van der Waals surface area contributed by atoms with Crippen LogP contribution in [0.5, 0.6) is 6.01 Å². The van der Waals surface area contributed by atoms with E-state index in [1.165, 1.54) is 18.4 Å². The van der Waals surface area contributed by atoms with Gasteiger partial charge in [-0.2, -0.15) is 9.97 Å². The highest BCUT2D eigenvalue weighted by Gasteiger charge is 2.50. The second kappa shape index (κ2) is 9.85. The number of rotatable bonds is 8. The van der Waals surface area contributed by atoms with Crippen LogP contribution in [0.25, 0.3) is 0 Å². The number of hydrogen-bond donors (Lipinski definition) is 2. The molecule has 4 saturated heterocycles. The van der Waals surface area contributed by atoms with E-state index in [4.69, 9.17) is 19.4 Å². The first-order valence-electron chi connectivity index (χ1n) is 13.2. The van der Waals surface area contributed by atoms with Crippen molar-refractivity contribution in [1.82, 2.24) is 25.5 Å². The van der Waals surface area contributed by atoms with Crippen LogP contribution in [0.1, 0.15) is 63.6 Å². The predicted octanol–water partition coefficient (Wildman–Crippen LogP) is 2.27. The lowest BCUT2D eigenvalue weighted by Gasteiger charge is -2.36. The molecular weight excluding hydrogens is 432 g/mol. The maximum atomic E-state index is 11.6. The summed E-state index contributed by atoms with van der Waals surface area (Å²) < 4.78 is 11.8. The molecule has 1 aromatic rings. The summed E-state index contributed by atoms with van der Waals surface area (Å²) in [6, 6.07) is 1.89. The molecule has 9 heteroatoms. The smallest absolute Gasteiger partial charge is 0.406 e. The number of fused-ring (bicyclic) bond motifs is 3. The van der Waals surface area contributed by atoms with Crippen molar-refractivity contribution < 1.29 is 14.3 Å². The number of piperazine rings is 1. The molecule has 5 rings (SSSR count). The summed E-state index contributed by atoms with van der Waals surface area (Å²) >= 11 is 0. The number of nitrogens with zero attached hydrogens (tertiary/aromatic N) is 4. The van der Waals surface area contributed by atoms with E-state index in [0.717, 1.165) is 69.7 Å². The molecule has 3 unspecified atom stereocenters. The van der Waals surface area contributed by atoms with Crippen molar-refractivity contribution in [2.45, 2.75) is 88.9 Å². The van der Waals surface area contributed by atoms with E-state index in [1.807, 2.05) is 0 Å². The molecule has 0 aromatic carbocycles. The lowest BCUT2D eigenvalue weighted by atomic mass is 9.95. The molecule has 0 spiro atoms. The van der Waals surface area contributed by atoms with Gasteiger partial charge in [0.25, 0.3) is 0 Å². The molecule has 188 valence electrons. The quantitative estimate of drug-likeness (QED) is 0.595. The molecule has 4 fully saturated rings. The minimum absolute atomic E-state index is 0.00972. The van der Waals surface area contributed by atoms with Crippen molar-refractivity contribution >= 4 is 11.9 Å². The van der Waals surface area contributed by atoms with Crippen LogP contribution < -0.4 is 20.3 Å². The molecule has 0 radical (unpaired) electrons. The average Bonchev–Trinajstić information content (AvgIpc) is 3.53. The molecule has 4 aliphatic heterocycles. The maximum Gasteiger partial charge on any atom is 0.406 e. The molecule has 34 heavy (non-hydrogen) atoms. The second-order valence-corrected chi connectivity index (χ2v) is 10.4. The summed E-state index contributed by atoms with van der Waals surface area (Å²) in [6.45, 7) is 8.43. The Kier molecular flexibility index (Phi) is 6.84. The Balaban J connectivity index is 1.32. The number of ether oxygens (including phenoxy) is 2. The molecule has 1 aromatic heterocycles. The van der Waals surface area contributed by atoms with Gasteiger partial charge >= 0.3 is 12.1 Å². The van der Waals surface area contributed by atoms with Gasteiger partial charge in [0.05, 0.1) is 11.2 Å². The van der Waals surface area contributed by atoms with E-state index in [2.05, 4.69) is 34.3 Å². The normalized spacial score (nSPS) is 30.4. The van der Waals surface area contributed by atoms with Gasteiger partial charge in [-0.3, -0.25) is 4.90 Å². The number of nitrogens with one attached hydrogen (secondary N) is 2. The third kappa shape index (κ3) is 4.44. The van der Waals surface area contributed by atoms with Gasteiger partial charge in [0.2, 0.25) is 0 Å². The van der Waals surface area contributed by atoms with Crippen molar-refractivity contribution in [2.75, 3.05) is 44.8 Å². The zero-order chi connectivity index (χ0) is 23.7. The molecule has 2 bridgehead atoms. The largest absolute Gasteiger partial charge is 0.461 e. The Bertz CT molecular complexity index is 886. The topological polar surface area (TPSA) is 91.9 Å². The number of carbonyl (C=O) groups excluding carboxylic acids is 1. The van der Waals surface area contributed by atoms with Gasteiger partial charge in [0, 0.05) is 43.8 Å². The standard InChI is InChI=1S/C25H40N6O3/c1-4-20-21(5-2)28-23(29-22(20)30-13-17-7-8-18(14-30)27-17)34-16-25-10-6-12-31(25)19(9-11-25)15-33-24(32)26-3/h17-19,27H,4-16H2,1-3H3,(H,26,32)/t17?,18?,19-,25?/m1/s1. The fraction of sp³-hybridized carbons (Fsp3) is 0.800. The van der Waals surface area contributed by atoms with Crippen molar-refractivity contribution in [3.05, 3.63) is 11.3 Å². The van der Waals surface area contributed by atoms with Gasteiger partial charge in [-0.25, -0.2) is 4.79 Å². The first-order valence-corrected chi connectivity index (χ1v) is 13.2. The average molecular weight is 473 g/mol. The summed E-state index contributed by atoms with van der Waals surface area (Å²) in [5.41, 5.74) is 2.37. The molecular formula is C25H40N6O3. The Morgan fingerprint density at radius 3 is 2.65 bits per heavy atom. The lowest BCUT2D eigenvalue weighted by molar-refractivity contribution is 0.0554. The number of alkyl carbamates (subject to hydrolysis) is 1. The first-order chi connectivity index (χ1) is 16.5. The van der Waals surface area contributed by atoms with Crippen LogP contribution in [0.3, 0.4) is 0 Å². The van der Waals surface area contributed by atoms with E-state index in [1.54, 1.807) is 7.05 Å². The highest BCUT2D eigenvalue weighted by molar-refractivity contribution is 5.66. The fourth-order valence-electron chi connectivity index (χ4n) is 6.68. The van der Waals surface area contributed by atoms with Gasteiger partial charge in [-0.1, -0.05) is 13.8 Å². The van der Waals surface area contributed by atoms with Gasteiger partial charge < -0.3 is 25.0 Å². The Hall–Kier alpha value is -2.13. The van der Waals surface area contributed by atoms with Crippen LogP contribution >= 0.6 is 0 Å². The number of amides is 1. The van der Waals surface area contributed by atoms with Crippen LogP contribution in [0.15, 0.2) is 0 Å². The van der Waals surface area contributed by atoms with Crippen molar-refractivity contribution in [1.29, 1.82) is 0 Å². The minimum atomic E-state index is -0.363. The molecule has 2 N–H and O–H groups in total. The van der Waals surface area contributed by atoms with E-state index in [0.29, 0.717) is 31.3 Å². The van der Waals surface area contributed by atoms with Gasteiger partial charge in [-0.15, -0.1) is 0 Å². The van der Waals surface area contributed by atoms with Crippen LogP contribution in [0, 0.1) is 0 Å².